The average molecular weight is 344 g/mol. The van der Waals surface area contributed by atoms with Crippen LogP contribution in [0.1, 0.15) is 35.3 Å². The molecule has 2 aromatic heterocycles. The van der Waals surface area contributed by atoms with Gasteiger partial charge in [0.2, 0.25) is 5.82 Å². The van der Waals surface area contributed by atoms with Gasteiger partial charge in [0, 0.05) is 44.6 Å². The van der Waals surface area contributed by atoms with Gasteiger partial charge in [-0.15, -0.1) is 10.2 Å². The van der Waals surface area contributed by atoms with E-state index in [9.17, 15) is 4.79 Å². The lowest BCUT2D eigenvalue weighted by atomic mass is 10.0. The van der Waals surface area contributed by atoms with E-state index in [1.54, 1.807) is 12.4 Å². The van der Waals surface area contributed by atoms with Crippen molar-refractivity contribution in [1.29, 1.82) is 0 Å². The molecule has 1 N–H and O–H groups in total. The topological polar surface area (TPSA) is 113 Å². The molecule has 10 nitrogen and oxygen atoms in total. The molecule has 0 aromatic carbocycles. The van der Waals surface area contributed by atoms with Gasteiger partial charge in [0.05, 0.1) is 12.8 Å². The van der Waals surface area contributed by atoms with E-state index in [0.717, 1.165) is 39.0 Å². The summed E-state index contributed by atoms with van der Waals surface area (Å²) in [5, 5.41) is 14.1. The molecule has 2 aliphatic rings. The van der Waals surface area contributed by atoms with E-state index in [4.69, 9.17) is 4.74 Å². The highest BCUT2D eigenvalue weighted by atomic mass is 16.5. The molecule has 0 saturated carbocycles. The SMILES string of the molecule is O=C(c1cnccn1)N1CCC(N2CCOC(c3nn[nH]n3)C2)CC1. The molecule has 1 unspecified atom stereocenters. The summed E-state index contributed by atoms with van der Waals surface area (Å²) in [4.78, 5) is 24.8. The van der Waals surface area contributed by atoms with E-state index >= 15 is 0 Å². The van der Waals surface area contributed by atoms with Crippen molar-refractivity contribution >= 4 is 5.91 Å². The van der Waals surface area contributed by atoms with Crippen LogP contribution in [0, 0.1) is 0 Å². The minimum absolute atomic E-state index is 0.0433. The summed E-state index contributed by atoms with van der Waals surface area (Å²) in [5.41, 5.74) is 0.407. The van der Waals surface area contributed by atoms with E-state index in [-0.39, 0.29) is 12.0 Å². The van der Waals surface area contributed by atoms with Gasteiger partial charge in [0.25, 0.3) is 5.91 Å². The van der Waals surface area contributed by atoms with Gasteiger partial charge >= 0.3 is 0 Å². The second-order valence-corrected chi connectivity index (χ2v) is 6.24. The number of aromatic amines is 1. The number of tetrazole rings is 1. The monoisotopic (exact) mass is 344 g/mol. The Morgan fingerprint density at radius 2 is 2.12 bits per heavy atom. The van der Waals surface area contributed by atoms with Crippen molar-refractivity contribution < 1.29 is 9.53 Å². The van der Waals surface area contributed by atoms with Gasteiger partial charge in [-0.25, -0.2) is 4.98 Å². The van der Waals surface area contributed by atoms with Crippen molar-refractivity contribution in [3.8, 4) is 0 Å². The van der Waals surface area contributed by atoms with Crippen LogP contribution in [0.25, 0.3) is 0 Å². The van der Waals surface area contributed by atoms with Crippen LogP contribution in [0.15, 0.2) is 18.6 Å². The number of carbonyl (C=O) groups is 1. The molecular weight excluding hydrogens is 324 g/mol. The number of nitrogens with one attached hydrogen (secondary N) is 1. The standard InChI is InChI=1S/C15H20N8O2/c24-15(12-9-16-3-4-17-12)22-5-1-11(2-6-22)23-7-8-25-13(10-23)14-18-20-21-19-14/h3-4,9,11,13H,1-2,5-8,10H2,(H,18,19,20,21). The molecule has 0 aliphatic carbocycles. The summed E-state index contributed by atoms with van der Waals surface area (Å²) in [6, 6.07) is 0.434. The van der Waals surface area contributed by atoms with Crippen LogP contribution < -0.4 is 0 Å². The third kappa shape index (κ3) is 3.49. The van der Waals surface area contributed by atoms with Crippen LogP contribution in [-0.2, 0) is 4.74 Å². The van der Waals surface area contributed by atoms with Crippen molar-refractivity contribution in [3.63, 3.8) is 0 Å². The highest BCUT2D eigenvalue weighted by molar-refractivity contribution is 5.92. The van der Waals surface area contributed by atoms with Crippen LogP contribution in [-0.4, -0.2) is 85.1 Å². The summed E-state index contributed by atoms with van der Waals surface area (Å²) in [6.45, 7) is 3.74. The molecule has 4 heterocycles. The van der Waals surface area contributed by atoms with E-state index in [0.29, 0.717) is 24.2 Å². The Kier molecular flexibility index (Phi) is 4.61. The lowest BCUT2D eigenvalue weighted by Crippen LogP contribution is -2.50. The highest BCUT2D eigenvalue weighted by Crippen LogP contribution is 2.24. The minimum atomic E-state index is -0.147. The largest absolute Gasteiger partial charge is 0.367 e. The Labute approximate surface area is 144 Å². The average Bonchev–Trinajstić information content (AvgIpc) is 3.23. The van der Waals surface area contributed by atoms with Crippen molar-refractivity contribution in [1.82, 2.24) is 40.4 Å². The maximum Gasteiger partial charge on any atom is 0.274 e. The zero-order valence-corrected chi connectivity index (χ0v) is 13.8. The molecule has 1 atom stereocenters. The number of nitrogens with zero attached hydrogens (tertiary/aromatic N) is 7. The molecule has 2 saturated heterocycles. The quantitative estimate of drug-likeness (QED) is 0.805. The smallest absolute Gasteiger partial charge is 0.274 e. The fraction of sp³-hybridized carbons (Fsp3) is 0.600. The van der Waals surface area contributed by atoms with Crippen LogP contribution in [0.5, 0.6) is 0 Å². The molecule has 2 aromatic rings. The summed E-state index contributed by atoms with van der Waals surface area (Å²) >= 11 is 0. The molecule has 0 spiro atoms. The van der Waals surface area contributed by atoms with E-state index in [1.165, 1.54) is 6.20 Å². The van der Waals surface area contributed by atoms with Crippen LogP contribution in [0.3, 0.4) is 0 Å². The maximum absolute atomic E-state index is 12.5. The number of amides is 1. The second-order valence-electron chi connectivity index (χ2n) is 6.24. The molecule has 25 heavy (non-hydrogen) atoms. The second kappa shape index (κ2) is 7.19. The molecule has 0 bridgehead atoms. The Balaban J connectivity index is 1.33. The van der Waals surface area contributed by atoms with E-state index in [1.807, 2.05) is 4.90 Å². The number of morpholine rings is 1. The Hall–Kier alpha value is -2.46. The van der Waals surface area contributed by atoms with Gasteiger partial charge in [-0.1, -0.05) is 5.21 Å². The summed E-state index contributed by atoms with van der Waals surface area (Å²) in [5.74, 6) is 0.554. The Bertz CT molecular complexity index is 687. The third-order valence-electron chi connectivity index (χ3n) is 4.80. The number of rotatable bonds is 3. The lowest BCUT2D eigenvalue weighted by molar-refractivity contribution is -0.0561. The van der Waals surface area contributed by atoms with Crippen LogP contribution in [0.2, 0.25) is 0 Å². The number of piperidine rings is 1. The van der Waals surface area contributed by atoms with Gasteiger partial charge < -0.3 is 9.64 Å². The zero-order chi connectivity index (χ0) is 17.1. The van der Waals surface area contributed by atoms with Crippen molar-refractivity contribution in [3.05, 3.63) is 30.1 Å². The molecular formula is C15H20N8O2. The summed E-state index contributed by atoms with van der Waals surface area (Å²) in [6.07, 6.45) is 6.36. The number of hydrogen-bond acceptors (Lipinski definition) is 8. The van der Waals surface area contributed by atoms with Crippen LogP contribution >= 0.6 is 0 Å². The van der Waals surface area contributed by atoms with Crippen molar-refractivity contribution in [2.24, 2.45) is 0 Å². The molecule has 1 amide bonds. The molecule has 10 heteroatoms. The first-order valence-corrected chi connectivity index (χ1v) is 8.45. The van der Waals surface area contributed by atoms with Crippen LogP contribution in [0.4, 0.5) is 0 Å². The number of ether oxygens (including phenoxy) is 1. The van der Waals surface area contributed by atoms with Gasteiger partial charge in [0.1, 0.15) is 11.8 Å². The first-order chi connectivity index (χ1) is 12.3. The predicted octanol–water partition coefficient (Wildman–Crippen LogP) is -0.332. The number of likely N-dealkylation sites (tertiary alicyclic amines) is 1. The fourth-order valence-corrected chi connectivity index (χ4v) is 3.47. The first-order valence-electron chi connectivity index (χ1n) is 8.45. The number of carbonyl (C=O) groups excluding carboxylic acids is 1. The van der Waals surface area contributed by atoms with Crippen molar-refractivity contribution in [2.45, 2.75) is 25.0 Å². The molecule has 0 radical (unpaired) electrons. The molecule has 2 aliphatic heterocycles. The van der Waals surface area contributed by atoms with Gasteiger partial charge in [-0.2, -0.15) is 5.21 Å². The normalized spacial score (nSPS) is 22.9. The minimum Gasteiger partial charge on any atom is -0.367 e. The number of H-pyrrole nitrogens is 1. The number of aromatic nitrogens is 6. The molecule has 4 rings (SSSR count). The van der Waals surface area contributed by atoms with E-state index < -0.39 is 0 Å². The van der Waals surface area contributed by atoms with Gasteiger partial charge in [-0.05, 0) is 12.8 Å². The highest BCUT2D eigenvalue weighted by Gasteiger charge is 2.32. The maximum atomic E-state index is 12.5. The summed E-state index contributed by atoms with van der Waals surface area (Å²) in [7, 11) is 0. The van der Waals surface area contributed by atoms with Gasteiger partial charge in [0.15, 0.2) is 0 Å². The van der Waals surface area contributed by atoms with E-state index in [2.05, 4.69) is 35.5 Å². The van der Waals surface area contributed by atoms with Gasteiger partial charge in [-0.3, -0.25) is 14.7 Å². The Morgan fingerprint density at radius 3 is 2.84 bits per heavy atom. The third-order valence-corrected chi connectivity index (χ3v) is 4.80. The fourth-order valence-electron chi connectivity index (χ4n) is 3.47. The molecule has 2 fully saturated rings. The first kappa shape index (κ1) is 16.0. The number of hydrogen-bond donors (Lipinski definition) is 1. The Morgan fingerprint density at radius 1 is 1.24 bits per heavy atom. The predicted molar refractivity (Wildman–Crippen MR) is 85.4 cm³/mol. The lowest BCUT2D eigenvalue weighted by Gasteiger charge is -2.41. The van der Waals surface area contributed by atoms with Crippen molar-refractivity contribution in [2.75, 3.05) is 32.8 Å². The summed E-state index contributed by atoms with van der Waals surface area (Å²) < 4.78 is 5.75. The molecule has 132 valence electrons. The zero-order valence-electron chi connectivity index (χ0n) is 13.8.